The zero-order valence-electron chi connectivity index (χ0n) is 16.4. The first kappa shape index (κ1) is 21.8. The first-order chi connectivity index (χ1) is 14.0. The summed E-state index contributed by atoms with van der Waals surface area (Å²) in [5.41, 5.74) is 2.12. The van der Waals surface area contributed by atoms with Crippen molar-refractivity contribution in [3.63, 3.8) is 0 Å². The number of halogens is 1. The molecule has 1 heterocycles. The number of piperidine rings is 1. The predicted molar refractivity (Wildman–Crippen MR) is 113 cm³/mol. The number of rotatable bonds is 7. The average molecular weight is 464 g/mol. The molecule has 156 valence electrons. The molecule has 3 rings (SSSR count). The summed E-state index contributed by atoms with van der Waals surface area (Å²) in [5, 5.41) is 20.5. The molecule has 29 heavy (non-hydrogen) atoms. The fraction of sp³-hybridized carbons (Fsp3) is 0.409. The summed E-state index contributed by atoms with van der Waals surface area (Å²) < 4.78 is 11.6. The van der Waals surface area contributed by atoms with E-state index in [1.54, 1.807) is 12.1 Å². The predicted octanol–water partition coefficient (Wildman–Crippen LogP) is 3.30. The Balaban J connectivity index is 1.65. The number of hydrogen-bond acceptors (Lipinski definition) is 6. The van der Waals surface area contributed by atoms with Crippen LogP contribution < -0.4 is 4.74 Å². The summed E-state index contributed by atoms with van der Waals surface area (Å²) in [6, 6.07) is 12.6. The van der Waals surface area contributed by atoms with Crippen molar-refractivity contribution in [2.45, 2.75) is 31.7 Å². The zero-order chi connectivity index (χ0) is 20.8. The minimum absolute atomic E-state index is 0.237. The van der Waals surface area contributed by atoms with E-state index in [1.165, 1.54) is 7.11 Å². The van der Waals surface area contributed by atoms with Crippen LogP contribution in [0, 0.1) is 0 Å². The number of β-amino-alcohol motifs (C(OH)–C–C–N with tert-alkyl or cyclic N) is 1. The molecule has 1 saturated heterocycles. The van der Waals surface area contributed by atoms with Crippen LogP contribution in [0.3, 0.4) is 0 Å². The highest BCUT2D eigenvalue weighted by Crippen LogP contribution is 2.30. The monoisotopic (exact) mass is 463 g/mol. The van der Waals surface area contributed by atoms with E-state index in [9.17, 15) is 15.0 Å². The highest BCUT2D eigenvalue weighted by atomic mass is 79.9. The van der Waals surface area contributed by atoms with Crippen molar-refractivity contribution in [3.8, 4) is 5.75 Å². The van der Waals surface area contributed by atoms with Crippen LogP contribution in [0.2, 0.25) is 0 Å². The van der Waals surface area contributed by atoms with Gasteiger partial charge in [-0.05, 0) is 48.7 Å². The molecule has 0 aromatic heterocycles. The molecule has 0 radical (unpaired) electrons. The summed E-state index contributed by atoms with van der Waals surface area (Å²) in [4.78, 5) is 13.7. The van der Waals surface area contributed by atoms with Gasteiger partial charge in [-0.2, -0.15) is 0 Å². The van der Waals surface area contributed by atoms with Crippen molar-refractivity contribution in [3.05, 3.63) is 63.6 Å². The van der Waals surface area contributed by atoms with Gasteiger partial charge in [-0.3, -0.25) is 0 Å². The molecule has 1 aliphatic heterocycles. The SMILES string of the molecule is COC(=O)c1ccc(COc2ccc(Br)cc2C(O)CN2CCC(O)CC2)cc1. The lowest BCUT2D eigenvalue weighted by Crippen LogP contribution is -2.38. The molecule has 1 aliphatic rings. The van der Waals surface area contributed by atoms with Gasteiger partial charge in [-0.1, -0.05) is 28.1 Å². The molecule has 0 bridgehead atoms. The highest BCUT2D eigenvalue weighted by Gasteiger charge is 2.22. The average Bonchev–Trinajstić information content (AvgIpc) is 2.74. The number of aliphatic hydroxyl groups excluding tert-OH is 2. The summed E-state index contributed by atoms with van der Waals surface area (Å²) in [7, 11) is 1.35. The summed E-state index contributed by atoms with van der Waals surface area (Å²) in [5.74, 6) is 0.246. The van der Waals surface area contributed by atoms with Gasteiger partial charge in [-0.25, -0.2) is 4.79 Å². The molecular weight excluding hydrogens is 438 g/mol. The minimum Gasteiger partial charge on any atom is -0.489 e. The van der Waals surface area contributed by atoms with E-state index in [0.29, 0.717) is 24.5 Å². The number of nitrogens with zero attached hydrogens (tertiary/aromatic N) is 1. The number of hydrogen-bond donors (Lipinski definition) is 2. The molecule has 0 amide bonds. The van der Waals surface area contributed by atoms with Crippen molar-refractivity contribution in [1.82, 2.24) is 4.90 Å². The van der Waals surface area contributed by atoms with Crippen molar-refractivity contribution in [2.75, 3.05) is 26.7 Å². The molecule has 1 unspecified atom stereocenters. The second-order valence-electron chi connectivity index (χ2n) is 7.21. The maximum atomic E-state index is 11.5. The lowest BCUT2D eigenvalue weighted by Gasteiger charge is -2.31. The maximum absolute atomic E-state index is 11.5. The van der Waals surface area contributed by atoms with Crippen LogP contribution >= 0.6 is 15.9 Å². The fourth-order valence-corrected chi connectivity index (χ4v) is 3.75. The minimum atomic E-state index is -0.695. The number of likely N-dealkylation sites (tertiary alicyclic amines) is 1. The van der Waals surface area contributed by atoms with Gasteiger partial charge in [0.15, 0.2) is 0 Å². The molecule has 1 fully saturated rings. The first-order valence-corrected chi connectivity index (χ1v) is 10.4. The second-order valence-corrected chi connectivity index (χ2v) is 8.12. The number of benzene rings is 2. The molecule has 2 aromatic carbocycles. The van der Waals surface area contributed by atoms with Crippen LogP contribution in [0.15, 0.2) is 46.9 Å². The number of carbonyl (C=O) groups excluding carboxylic acids is 1. The van der Waals surface area contributed by atoms with E-state index in [1.807, 2.05) is 30.3 Å². The fourth-order valence-electron chi connectivity index (χ4n) is 3.37. The number of esters is 1. The van der Waals surface area contributed by atoms with Gasteiger partial charge in [0.25, 0.3) is 0 Å². The van der Waals surface area contributed by atoms with Crippen molar-refractivity contribution in [1.29, 1.82) is 0 Å². The number of aliphatic hydroxyl groups is 2. The van der Waals surface area contributed by atoms with E-state index in [0.717, 1.165) is 41.5 Å². The Morgan fingerprint density at radius 1 is 1.21 bits per heavy atom. The molecule has 2 aromatic rings. The number of methoxy groups -OCH3 is 1. The Bertz CT molecular complexity index is 818. The van der Waals surface area contributed by atoms with Crippen LogP contribution in [0.4, 0.5) is 0 Å². The molecule has 0 spiro atoms. The van der Waals surface area contributed by atoms with Gasteiger partial charge in [0, 0.05) is 29.7 Å². The van der Waals surface area contributed by atoms with Gasteiger partial charge >= 0.3 is 5.97 Å². The molecule has 2 N–H and O–H groups in total. The summed E-state index contributed by atoms with van der Waals surface area (Å²) in [6.07, 6.45) is 0.532. The molecule has 0 aliphatic carbocycles. The molecular formula is C22H26BrNO5. The molecule has 6 nitrogen and oxygen atoms in total. The Morgan fingerprint density at radius 3 is 2.55 bits per heavy atom. The van der Waals surface area contributed by atoms with E-state index < -0.39 is 6.10 Å². The van der Waals surface area contributed by atoms with Crippen molar-refractivity contribution < 1.29 is 24.5 Å². The van der Waals surface area contributed by atoms with Gasteiger partial charge < -0.3 is 24.6 Å². The van der Waals surface area contributed by atoms with Gasteiger partial charge in [0.05, 0.1) is 24.9 Å². The van der Waals surface area contributed by atoms with Crippen LogP contribution in [0.1, 0.15) is 40.4 Å². The van der Waals surface area contributed by atoms with E-state index >= 15 is 0 Å². The molecule has 0 saturated carbocycles. The second kappa shape index (κ2) is 10.2. The Labute approximate surface area is 179 Å². The quantitative estimate of drug-likeness (QED) is 0.613. The van der Waals surface area contributed by atoms with Crippen LogP contribution in [-0.4, -0.2) is 53.9 Å². The van der Waals surface area contributed by atoms with Crippen LogP contribution in [-0.2, 0) is 11.3 Å². The van der Waals surface area contributed by atoms with Gasteiger partial charge in [0.1, 0.15) is 12.4 Å². The summed E-state index contributed by atoms with van der Waals surface area (Å²) in [6.45, 7) is 2.36. The normalized spacial score (nSPS) is 16.4. The smallest absolute Gasteiger partial charge is 0.337 e. The van der Waals surface area contributed by atoms with E-state index in [4.69, 9.17) is 9.47 Å². The third-order valence-electron chi connectivity index (χ3n) is 5.09. The van der Waals surface area contributed by atoms with E-state index in [2.05, 4.69) is 20.8 Å². The van der Waals surface area contributed by atoms with Gasteiger partial charge in [-0.15, -0.1) is 0 Å². The third kappa shape index (κ3) is 6.02. The maximum Gasteiger partial charge on any atom is 0.337 e. The van der Waals surface area contributed by atoms with E-state index in [-0.39, 0.29) is 12.1 Å². The third-order valence-corrected chi connectivity index (χ3v) is 5.58. The Hall–Kier alpha value is -1.93. The van der Waals surface area contributed by atoms with Crippen molar-refractivity contribution in [2.24, 2.45) is 0 Å². The number of ether oxygens (including phenoxy) is 2. The van der Waals surface area contributed by atoms with Crippen LogP contribution in [0.5, 0.6) is 5.75 Å². The largest absolute Gasteiger partial charge is 0.489 e. The molecule has 1 atom stereocenters. The standard InChI is InChI=1S/C22H26BrNO5/c1-28-22(27)16-4-2-15(3-5-16)14-29-21-7-6-17(23)12-19(21)20(26)13-24-10-8-18(25)9-11-24/h2-7,12,18,20,25-26H,8-11,13-14H2,1H3. The Morgan fingerprint density at radius 2 is 1.90 bits per heavy atom. The van der Waals surface area contributed by atoms with Crippen molar-refractivity contribution >= 4 is 21.9 Å². The molecule has 7 heteroatoms. The first-order valence-electron chi connectivity index (χ1n) is 9.64. The lowest BCUT2D eigenvalue weighted by molar-refractivity contribution is 0.0498. The van der Waals surface area contributed by atoms with Gasteiger partial charge in [0.2, 0.25) is 0 Å². The summed E-state index contributed by atoms with van der Waals surface area (Å²) >= 11 is 3.46. The number of carbonyl (C=O) groups is 1. The Kier molecular flexibility index (Phi) is 7.66. The topological polar surface area (TPSA) is 79.2 Å². The highest BCUT2D eigenvalue weighted by molar-refractivity contribution is 9.10. The lowest BCUT2D eigenvalue weighted by atomic mass is 10.0. The zero-order valence-corrected chi connectivity index (χ0v) is 18.0. The van der Waals surface area contributed by atoms with Crippen LogP contribution in [0.25, 0.3) is 0 Å².